The molecule has 4 aromatic carbocycles. The number of hydrogen-bond acceptors (Lipinski definition) is 2. The predicted octanol–water partition coefficient (Wildman–Crippen LogP) is 6.58. The van der Waals surface area contributed by atoms with Crippen LogP contribution >= 0.6 is 0 Å². The smallest absolute Gasteiger partial charge is 0.135 e. The summed E-state index contributed by atoms with van der Waals surface area (Å²) in [6.07, 6.45) is 0. The van der Waals surface area contributed by atoms with Crippen LogP contribution in [0.25, 0.3) is 21.5 Å². The van der Waals surface area contributed by atoms with Crippen molar-refractivity contribution in [3.63, 3.8) is 0 Å². The Morgan fingerprint density at radius 3 is 2.00 bits per heavy atom. The van der Waals surface area contributed by atoms with Gasteiger partial charge in [0, 0.05) is 10.8 Å². The molecule has 0 N–H and O–H groups in total. The molecule has 0 amide bonds. The molecule has 0 bridgehead atoms. The van der Waals surface area contributed by atoms with Crippen LogP contribution in [-0.2, 0) is 0 Å². The third-order valence-electron chi connectivity index (χ3n) is 4.78. The summed E-state index contributed by atoms with van der Waals surface area (Å²) in [7, 11) is 0. The molecule has 0 saturated heterocycles. The first-order valence-electron chi connectivity index (χ1n) is 8.68. The molecule has 26 heavy (non-hydrogen) atoms. The van der Waals surface area contributed by atoms with Gasteiger partial charge in [0.25, 0.3) is 0 Å². The van der Waals surface area contributed by atoms with E-state index in [1.54, 1.807) is 0 Å². The number of nitriles is 1. The first-order chi connectivity index (χ1) is 12.6. The number of benzene rings is 4. The molecule has 126 valence electrons. The number of aryl methyl sites for hydroxylation is 3. The lowest BCUT2D eigenvalue weighted by Gasteiger charge is -2.15. The second-order valence-corrected chi connectivity index (χ2v) is 6.80. The van der Waals surface area contributed by atoms with Crippen molar-refractivity contribution < 1.29 is 4.74 Å². The highest BCUT2D eigenvalue weighted by Gasteiger charge is 2.12. The zero-order valence-corrected chi connectivity index (χ0v) is 15.1. The van der Waals surface area contributed by atoms with Crippen molar-refractivity contribution in [1.29, 1.82) is 5.26 Å². The standard InChI is InChI=1S/C24H19NO/c1-15-10-16(2)24(17(3)11-15)26-23-9-8-20(14-25)21-12-18-6-4-5-7-19(18)13-22(21)23/h4-13H,1-3H3. The molecule has 0 aromatic heterocycles. The number of fused-ring (bicyclic) bond motifs is 2. The van der Waals surface area contributed by atoms with Gasteiger partial charge in [-0.05, 0) is 66.9 Å². The largest absolute Gasteiger partial charge is 0.456 e. The molecule has 2 nitrogen and oxygen atoms in total. The Labute approximate surface area is 153 Å². The van der Waals surface area contributed by atoms with Crippen LogP contribution in [0.1, 0.15) is 22.3 Å². The van der Waals surface area contributed by atoms with Crippen molar-refractivity contribution in [3.05, 3.63) is 82.9 Å². The third-order valence-corrected chi connectivity index (χ3v) is 4.78. The Kier molecular flexibility index (Phi) is 3.86. The van der Waals surface area contributed by atoms with Gasteiger partial charge in [0.15, 0.2) is 0 Å². The highest BCUT2D eigenvalue weighted by Crippen LogP contribution is 2.37. The molecule has 0 fully saturated rings. The lowest BCUT2D eigenvalue weighted by molar-refractivity contribution is 0.480. The van der Waals surface area contributed by atoms with Crippen LogP contribution < -0.4 is 4.74 Å². The van der Waals surface area contributed by atoms with Crippen LogP contribution in [0.15, 0.2) is 60.7 Å². The van der Waals surface area contributed by atoms with Crippen molar-refractivity contribution >= 4 is 21.5 Å². The van der Waals surface area contributed by atoms with Gasteiger partial charge >= 0.3 is 0 Å². The lowest BCUT2D eigenvalue weighted by Crippen LogP contribution is -1.94. The van der Waals surface area contributed by atoms with Crippen molar-refractivity contribution in [2.24, 2.45) is 0 Å². The van der Waals surface area contributed by atoms with Gasteiger partial charge < -0.3 is 4.74 Å². The van der Waals surface area contributed by atoms with Crippen molar-refractivity contribution in [2.75, 3.05) is 0 Å². The number of ether oxygens (including phenoxy) is 1. The molecule has 0 heterocycles. The van der Waals surface area contributed by atoms with Crippen LogP contribution in [0.2, 0.25) is 0 Å². The van der Waals surface area contributed by atoms with Gasteiger partial charge in [0.2, 0.25) is 0 Å². The van der Waals surface area contributed by atoms with Crippen LogP contribution in [0, 0.1) is 32.1 Å². The highest BCUT2D eigenvalue weighted by molar-refractivity contribution is 6.03. The molecule has 0 atom stereocenters. The van der Waals surface area contributed by atoms with E-state index in [0.29, 0.717) is 5.56 Å². The molecule has 0 spiro atoms. The van der Waals surface area contributed by atoms with E-state index in [1.807, 2.05) is 24.3 Å². The summed E-state index contributed by atoms with van der Waals surface area (Å²) in [5.41, 5.74) is 4.11. The summed E-state index contributed by atoms with van der Waals surface area (Å²) < 4.78 is 6.35. The summed E-state index contributed by atoms with van der Waals surface area (Å²) in [6.45, 7) is 6.22. The van der Waals surface area contributed by atoms with Crippen molar-refractivity contribution in [2.45, 2.75) is 20.8 Å². The molecule has 0 radical (unpaired) electrons. The Hall–Kier alpha value is -3.31. The molecule has 0 aliphatic carbocycles. The fourth-order valence-corrected chi connectivity index (χ4v) is 3.63. The summed E-state index contributed by atoms with van der Waals surface area (Å²) in [4.78, 5) is 0. The van der Waals surface area contributed by atoms with Crippen molar-refractivity contribution in [1.82, 2.24) is 0 Å². The Morgan fingerprint density at radius 2 is 1.38 bits per heavy atom. The minimum Gasteiger partial charge on any atom is -0.456 e. The van der Waals surface area contributed by atoms with E-state index in [2.05, 4.69) is 63.2 Å². The minimum absolute atomic E-state index is 0.662. The van der Waals surface area contributed by atoms with E-state index >= 15 is 0 Å². The van der Waals surface area contributed by atoms with E-state index in [4.69, 9.17) is 4.74 Å². The Morgan fingerprint density at radius 1 is 0.769 bits per heavy atom. The molecular formula is C24H19NO. The average molecular weight is 337 g/mol. The molecule has 2 heteroatoms. The topological polar surface area (TPSA) is 33.0 Å². The SMILES string of the molecule is Cc1cc(C)c(Oc2ccc(C#N)c3cc4ccccc4cc23)c(C)c1. The van der Waals surface area contributed by atoms with Crippen LogP contribution in [0.3, 0.4) is 0 Å². The number of nitrogens with zero attached hydrogens (tertiary/aromatic N) is 1. The minimum atomic E-state index is 0.662. The zero-order valence-electron chi connectivity index (χ0n) is 15.1. The van der Waals surface area contributed by atoms with Crippen molar-refractivity contribution in [3.8, 4) is 17.6 Å². The molecular weight excluding hydrogens is 318 g/mol. The number of rotatable bonds is 2. The van der Waals surface area contributed by atoms with E-state index in [9.17, 15) is 5.26 Å². The molecule has 0 aliphatic rings. The zero-order chi connectivity index (χ0) is 18.3. The Bertz CT molecular complexity index is 1180. The van der Waals surface area contributed by atoms with Gasteiger partial charge in [-0.1, -0.05) is 42.0 Å². The molecule has 0 unspecified atom stereocenters. The van der Waals surface area contributed by atoms with Gasteiger partial charge in [0.1, 0.15) is 11.5 Å². The predicted molar refractivity (Wildman–Crippen MR) is 107 cm³/mol. The van der Waals surface area contributed by atoms with Crippen LogP contribution in [0.5, 0.6) is 11.5 Å². The van der Waals surface area contributed by atoms with E-state index in [0.717, 1.165) is 44.2 Å². The van der Waals surface area contributed by atoms with E-state index < -0.39 is 0 Å². The Balaban J connectivity index is 1.96. The van der Waals surface area contributed by atoms with Gasteiger partial charge in [-0.2, -0.15) is 5.26 Å². The quantitative estimate of drug-likeness (QED) is 0.387. The maximum absolute atomic E-state index is 9.52. The van der Waals surface area contributed by atoms with Gasteiger partial charge in [0.05, 0.1) is 11.6 Å². The van der Waals surface area contributed by atoms with E-state index in [-0.39, 0.29) is 0 Å². The second-order valence-electron chi connectivity index (χ2n) is 6.80. The molecule has 4 aromatic rings. The van der Waals surface area contributed by atoms with Gasteiger partial charge in [-0.3, -0.25) is 0 Å². The summed E-state index contributed by atoms with van der Waals surface area (Å²) in [5, 5.41) is 13.7. The van der Waals surface area contributed by atoms with Crippen LogP contribution in [0.4, 0.5) is 0 Å². The lowest BCUT2D eigenvalue weighted by atomic mass is 9.99. The third kappa shape index (κ3) is 2.68. The summed E-state index contributed by atoms with van der Waals surface area (Å²) in [6, 6.07) is 22.7. The fraction of sp³-hybridized carbons (Fsp3) is 0.125. The highest BCUT2D eigenvalue weighted by atomic mass is 16.5. The fourth-order valence-electron chi connectivity index (χ4n) is 3.63. The average Bonchev–Trinajstić information content (AvgIpc) is 2.63. The summed E-state index contributed by atoms with van der Waals surface area (Å²) >= 11 is 0. The van der Waals surface area contributed by atoms with Gasteiger partial charge in [-0.15, -0.1) is 0 Å². The maximum atomic E-state index is 9.52. The van der Waals surface area contributed by atoms with Crippen LogP contribution in [-0.4, -0.2) is 0 Å². The second kappa shape index (κ2) is 6.20. The number of hydrogen-bond donors (Lipinski definition) is 0. The molecule has 0 saturated carbocycles. The van der Waals surface area contributed by atoms with E-state index in [1.165, 1.54) is 5.56 Å². The van der Waals surface area contributed by atoms with Gasteiger partial charge in [-0.25, -0.2) is 0 Å². The first kappa shape index (κ1) is 16.2. The molecule has 4 rings (SSSR count). The normalized spacial score (nSPS) is 10.8. The molecule has 0 aliphatic heterocycles. The first-order valence-corrected chi connectivity index (χ1v) is 8.68. The summed E-state index contributed by atoms with van der Waals surface area (Å²) in [5.74, 6) is 1.66. The maximum Gasteiger partial charge on any atom is 0.135 e. The monoisotopic (exact) mass is 337 g/mol.